The number of alkyl halides is 4. The Bertz CT molecular complexity index is 400. The summed E-state index contributed by atoms with van der Waals surface area (Å²) in [5, 5.41) is 11.7. The van der Waals surface area contributed by atoms with E-state index >= 15 is 0 Å². The van der Waals surface area contributed by atoms with E-state index < -0.39 is 24.0 Å². The van der Waals surface area contributed by atoms with E-state index in [2.05, 4.69) is 10.1 Å². The van der Waals surface area contributed by atoms with Crippen molar-refractivity contribution in [3.8, 4) is 5.75 Å². The van der Waals surface area contributed by atoms with Crippen LogP contribution in [-0.2, 0) is 0 Å². The summed E-state index contributed by atoms with van der Waals surface area (Å²) < 4.78 is 52.7. The zero-order valence-corrected chi connectivity index (χ0v) is 9.72. The summed E-state index contributed by atoms with van der Waals surface area (Å²) in [5.74, 6) is -1.65. The van der Waals surface area contributed by atoms with Gasteiger partial charge in [-0.2, -0.15) is 0 Å². The maximum Gasteiger partial charge on any atom is 0.573 e. The second kappa shape index (κ2) is 6.10. The van der Waals surface area contributed by atoms with Gasteiger partial charge in [0.25, 0.3) is 0 Å². The number of anilines is 1. The first-order valence-electron chi connectivity index (χ1n) is 4.85. The lowest BCUT2D eigenvalue weighted by Gasteiger charge is -2.15. The molecule has 1 unspecified atom stereocenters. The molecule has 1 atom stereocenters. The lowest BCUT2D eigenvalue weighted by atomic mass is 10.2. The first-order chi connectivity index (χ1) is 8.31. The molecule has 2 N–H and O–H groups in total. The number of benzene rings is 1. The number of aliphatic hydroxyl groups is 1. The molecule has 102 valence electrons. The van der Waals surface area contributed by atoms with Crippen LogP contribution in [-0.4, -0.2) is 30.0 Å². The molecule has 3 nitrogen and oxygen atoms in total. The third-order valence-electron chi connectivity index (χ3n) is 1.88. The Labute approximate surface area is 105 Å². The Morgan fingerprint density at radius 2 is 2.06 bits per heavy atom. The van der Waals surface area contributed by atoms with E-state index in [9.17, 15) is 17.6 Å². The van der Waals surface area contributed by atoms with E-state index in [-0.39, 0.29) is 18.1 Å². The van der Waals surface area contributed by atoms with Crippen molar-refractivity contribution >= 4 is 17.3 Å². The Balaban J connectivity index is 2.83. The quantitative estimate of drug-likeness (QED) is 0.646. The van der Waals surface area contributed by atoms with Crippen LogP contribution in [0.4, 0.5) is 23.2 Å². The van der Waals surface area contributed by atoms with E-state index in [1.807, 2.05) is 0 Å². The van der Waals surface area contributed by atoms with Crippen LogP contribution in [0, 0.1) is 5.82 Å². The number of ether oxygens (including phenoxy) is 1. The van der Waals surface area contributed by atoms with Gasteiger partial charge in [0.2, 0.25) is 0 Å². The Hall–Kier alpha value is -1.21. The molecule has 1 aromatic carbocycles. The van der Waals surface area contributed by atoms with Crippen LogP contribution in [0.2, 0.25) is 0 Å². The number of aliphatic hydroxyl groups excluding tert-OH is 1. The summed E-state index contributed by atoms with van der Waals surface area (Å²) >= 11 is 5.33. The van der Waals surface area contributed by atoms with Crippen molar-refractivity contribution < 1.29 is 27.4 Å². The average Bonchev–Trinajstić information content (AvgIpc) is 2.25. The summed E-state index contributed by atoms with van der Waals surface area (Å²) in [6.07, 6.45) is -5.86. The molecule has 0 bridgehead atoms. The van der Waals surface area contributed by atoms with Crippen molar-refractivity contribution in [1.82, 2.24) is 0 Å². The molecule has 0 aromatic heterocycles. The summed E-state index contributed by atoms with van der Waals surface area (Å²) in [4.78, 5) is 0. The van der Waals surface area contributed by atoms with Gasteiger partial charge >= 0.3 is 6.36 Å². The molecule has 0 spiro atoms. The van der Waals surface area contributed by atoms with Crippen LogP contribution in [0.25, 0.3) is 0 Å². The van der Waals surface area contributed by atoms with Crippen molar-refractivity contribution in [2.24, 2.45) is 0 Å². The van der Waals surface area contributed by atoms with Gasteiger partial charge in [-0.05, 0) is 12.1 Å². The predicted octanol–water partition coefficient (Wildman–Crippen LogP) is 2.74. The van der Waals surface area contributed by atoms with E-state index in [1.54, 1.807) is 0 Å². The van der Waals surface area contributed by atoms with E-state index in [4.69, 9.17) is 16.7 Å². The summed E-state index contributed by atoms with van der Waals surface area (Å²) in [5.41, 5.74) is -0.0853. The van der Waals surface area contributed by atoms with Gasteiger partial charge in [0, 0.05) is 12.6 Å². The zero-order chi connectivity index (χ0) is 13.8. The Morgan fingerprint density at radius 1 is 1.39 bits per heavy atom. The highest BCUT2D eigenvalue weighted by Crippen LogP contribution is 2.30. The number of halogens is 5. The fourth-order valence-electron chi connectivity index (χ4n) is 1.13. The number of hydrogen-bond donors (Lipinski definition) is 2. The minimum Gasteiger partial charge on any atom is -0.403 e. The number of nitrogens with one attached hydrogen (secondary N) is 1. The highest BCUT2D eigenvalue weighted by Gasteiger charge is 2.32. The van der Waals surface area contributed by atoms with Crippen LogP contribution < -0.4 is 10.1 Å². The predicted molar refractivity (Wildman–Crippen MR) is 58.3 cm³/mol. The fourth-order valence-corrected chi connectivity index (χ4v) is 1.24. The molecule has 0 heterocycles. The molecule has 18 heavy (non-hydrogen) atoms. The standard InChI is InChI=1S/C10H10ClF4NO2/c11-4-7(17)5-16-8-2-1-6(12)3-9(8)18-10(13,14)15/h1-3,7,16-17H,4-5H2. The maximum absolute atomic E-state index is 12.8. The Morgan fingerprint density at radius 3 is 2.61 bits per heavy atom. The number of hydrogen-bond acceptors (Lipinski definition) is 3. The summed E-state index contributed by atoms with van der Waals surface area (Å²) in [7, 11) is 0. The second-order valence-corrected chi connectivity index (χ2v) is 3.69. The minimum atomic E-state index is -4.92. The first-order valence-corrected chi connectivity index (χ1v) is 5.38. The molecule has 0 saturated heterocycles. The van der Waals surface area contributed by atoms with Crippen LogP contribution in [0.3, 0.4) is 0 Å². The van der Waals surface area contributed by atoms with Crippen molar-refractivity contribution in [2.45, 2.75) is 12.5 Å². The van der Waals surface area contributed by atoms with Gasteiger partial charge in [0.05, 0.1) is 17.7 Å². The summed E-state index contributed by atoms with van der Waals surface area (Å²) in [6, 6.07) is 2.65. The van der Waals surface area contributed by atoms with Crippen molar-refractivity contribution in [3.05, 3.63) is 24.0 Å². The molecular weight excluding hydrogens is 278 g/mol. The first kappa shape index (κ1) is 14.8. The lowest BCUT2D eigenvalue weighted by molar-refractivity contribution is -0.274. The second-order valence-electron chi connectivity index (χ2n) is 3.38. The maximum atomic E-state index is 12.8. The van der Waals surface area contributed by atoms with Crippen LogP contribution >= 0.6 is 11.6 Å². The van der Waals surface area contributed by atoms with Crippen molar-refractivity contribution in [3.63, 3.8) is 0 Å². The van der Waals surface area contributed by atoms with E-state index in [0.717, 1.165) is 12.1 Å². The third-order valence-corrected chi connectivity index (χ3v) is 2.23. The van der Waals surface area contributed by atoms with Gasteiger partial charge < -0.3 is 15.2 Å². The Kier molecular flexibility index (Phi) is 5.03. The van der Waals surface area contributed by atoms with Gasteiger partial charge in [0.1, 0.15) is 5.82 Å². The van der Waals surface area contributed by atoms with Gasteiger partial charge in [0.15, 0.2) is 5.75 Å². The molecule has 0 aliphatic rings. The molecule has 0 fully saturated rings. The topological polar surface area (TPSA) is 41.5 Å². The molecule has 0 radical (unpaired) electrons. The molecule has 0 amide bonds. The molecular formula is C10H10ClF4NO2. The fraction of sp³-hybridized carbons (Fsp3) is 0.400. The third kappa shape index (κ3) is 4.97. The zero-order valence-electron chi connectivity index (χ0n) is 8.97. The summed E-state index contributed by atoms with van der Waals surface area (Å²) in [6.45, 7) is -0.0800. The van der Waals surface area contributed by atoms with Crippen LogP contribution in [0.1, 0.15) is 0 Å². The SMILES string of the molecule is OC(CCl)CNc1ccc(F)cc1OC(F)(F)F. The minimum absolute atomic E-state index is 0.0797. The van der Waals surface area contributed by atoms with E-state index in [0.29, 0.717) is 6.07 Å². The van der Waals surface area contributed by atoms with Crippen LogP contribution in [0.15, 0.2) is 18.2 Å². The van der Waals surface area contributed by atoms with Gasteiger partial charge in [-0.1, -0.05) is 0 Å². The van der Waals surface area contributed by atoms with Crippen LogP contribution in [0.5, 0.6) is 5.75 Å². The van der Waals surface area contributed by atoms with Gasteiger partial charge in [-0.3, -0.25) is 0 Å². The smallest absolute Gasteiger partial charge is 0.403 e. The molecule has 1 rings (SSSR count). The van der Waals surface area contributed by atoms with Crippen molar-refractivity contribution in [2.75, 3.05) is 17.7 Å². The average molecular weight is 288 g/mol. The number of rotatable bonds is 5. The highest BCUT2D eigenvalue weighted by atomic mass is 35.5. The molecule has 8 heteroatoms. The highest BCUT2D eigenvalue weighted by molar-refractivity contribution is 6.18. The lowest BCUT2D eigenvalue weighted by Crippen LogP contribution is -2.22. The molecule has 1 aromatic rings. The molecule has 0 aliphatic carbocycles. The normalized spacial score (nSPS) is 13.2. The van der Waals surface area contributed by atoms with Crippen molar-refractivity contribution in [1.29, 1.82) is 0 Å². The molecule has 0 saturated carbocycles. The largest absolute Gasteiger partial charge is 0.573 e. The van der Waals surface area contributed by atoms with E-state index in [1.165, 1.54) is 0 Å². The molecule has 0 aliphatic heterocycles. The monoisotopic (exact) mass is 287 g/mol. The van der Waals surface area contributed by atoms with Gasteiger partial charge in [-0.25, -0.2) is 4.39 Å². The van der Waals surface area contributed by atoms with Gasteiger partial charge in [-0.15, -0.1) is 24.8 Å².